The number of carbonyl (C=O) groups excluding carboxylic acids is 1. The maximum atomic E-state index is 13.9. The lowest BCUT2D eigenvalue weighted by atomic mass is 10.1. The number of hydrogen-bond acceptors (Lipinski definition) is 4. The molecule has 1 fully saturated rings. The zero-order chi connectivity index (χ0) is 19.4. The van der Waals surface area contributed by atoms with Crippen molar-refractivity contribution in [2.75, 3.05) is 12.4 Å². The van der Waals surface area contributed by atoms with E-state index in [1.54, 1.807) is 12.1 Å². The van der Waals surface area contributed by atoms with Crippen LogP contribution in [0.1, 0.15) is 46.4 Å². The number of nitrogens with one attached hydrogen (secondary N) is 1. The van der Waals surface area contributed by atoms with Gasteiger partial charge in [-0.3, -0.25) is 4.79 Å². The van der Waals surface area contributed by atoms with Crippen LogP contribution in [0.25, 0.3) is 0 Å². The van der Waals surface area contributed by atoms with Gasteiger partial charge in [-0.15, -0.1) is 0 Å². The normalized spacial score (nSPS) is 14.0. The van der Waals surface area contributed by atoms with Gasteiger partial charge in [0.25, 0.3) is 5.91 Å². The van der Waals surface area contributed by atoms with Crippen molar-refractivity contribution in [3.05, 3.63) is 53.3 Å². The second-order valence-electron chi connectivity index (χ2n) is 6.34. The SMILES string of the molecule is COc1ccc(C(=O)Nc2cc(C(=O)O)ccc2F)cc1OC1CCCC1. The Morgan fingerprint density at radius 3 is 2.44 bits per heavy atom. The summed E-state index contributed by atoms with van der Waals surface area (Å²) in [5.74, 6) is -1.53. The molecule has 0 bridgehead atoms. The van der Waals surface area contributed by atoms with Gasteiger partial charge in [0, 0.05) is 5.56 Å². The van der Waals surface area contributed by atoms with E-state index in [0.29, 0.717) is 11.5 Å². The highest BCUT2D eigenvalue weighted by Crippen LogP contribution is 2.32. The first-order chi connectivity index (χ1) is 13.0. The van der Waals surface area contributed by atoms with E-state index in [1.165, 1.54) is 13.2 Å². The number of halogens is 1. The van der Waals surface area contributed by atoms with Crippen molar-refractivity contribution >= 4 is 17.6 Å². The van der Waals surface area contributed by atoms with Crippen LogP contribution in [-0.4, -0.2) is 30.2 Å². The first-order valence-electron chi connectivity index (χ1n) is 8.67. The Bertz CT molecular complexity index is 861. The number of benzene rings is 2. The van der Waals surface area contributed by atoms with Crippen molar-refractivity contribution < 1.29 is 28.6 Å². The Labute approximate surface area is 155 Å². The van der Waals surface area contributed by atoms with Crippen LogP contribution < -0.4 is 14.8 Å². The average Bonchev–Trinajstić information content (AvgIpc) is 3.16. The summed E-state index contributed by atoms with van der Waals surface area (Å²) in [7, 11) is 1.52. The molecular formula is C20H20FNO5. The largest absolute Gasteiger partial charge is 0.493 e. The molecule has 3 rings (SSSR count). The van der Waals surface area contributed by atoms with E-state index >= 15 is 0 Å². The summed E-state index contributed by atoms with van der Waals surface area (Å²) in [6.07, 6.45) is 4.19. The number of hydrogen-bond donors (Lipinski definition) is 2. The summed E-state index contributed by atoms with van der Waals surface area (Å²) >= 11 is 0. The first-order valence-corrected chi connectivity index (χ1v) is 8.67. The van der Waals surface area contributed by atoms with E-state index in [1.807, 2.05) is 0 Å². The maximum absolute atomic E-state index is 13.9. The highest BCUT2D eigenvalue weighted by Gasteiger charge is 2.20. The van der Waals surface area contributed by atoms with Gasteiger partial charge in [-0.1, -0.05) is 0 Å². The Kier molecular flexibility index (Phi) is 5.59. The van der Waals surface area contributed by atoms with Crippen LogP contribution in [0.5, 0.6) is 11.5 Å². The van der Waals surface area contributed by atoms with E-state index in [-0.39, 0.29) is 22.9 Å². The lowest BCUT2D eigenvalue weighted by Gasteiger charge is -2.17. The molecule has 2 aromatic rings. The highest BCUT2D eigenvalue weighted by atomic mass is 19.1. The molecule has 0 atom stereocenters. The molecule has 0 spiro atoms. The third kappa shape index (κ3) is 4.36. The summed E-state index contributed by atoms with van der Waals surface area (Å²) in [5.41, 5.74) is -0.0652. The molecule has 27 heavy (non-hydrogen) atoms. The average molecular weight is 373 g/mol. The molecule has 0 heterocycles. The number of ether oxygens (including phenoxy) is 2. The molecule has 6 nitrogen and oxygen atoms in total. The van der Waals surface area contributed by atoms with Gasteiger partial charge in [0.05, 0.1) is 24.5 Å². The van der Waals surface area contributed by atoms with Crippen LogP contribution in [0.3, 0.4) is 0 Å². The van der Waals surface area contributed by atoms with Crippen LogP contribution in [-0.2, 0) is 0 Å². The van der Waals surface area contributed by atoms with E-state index in [4.69, 9.17) is 14.6 Å². The molecule has 0 aromatic heterocycles. The minimum absolute atomic E-state index is 0.0851. The number of carboxylic acids is 1. The number of aromatic carboxylic acids is 1. The van der Waals surface area contributed by atoms with Gasteiger partial charge in [0.2, 0.25) is 0 Å². The third-order valence-corrected chi connectivity index (χ3v) is 4.48. The fourth-order valence-corrected chi connectivity index (χ4v) is 3.04. The fraction of sp³-hybridized carbons (Fsp3) is 0.300. The number of rotatable bonds is 6. The van der Waals surface area contributed by atoms with Crippen molar-refractivity contribution in [1.29, 1.82) is 0 Å². The molecule has 1 amide bonds. The van der Waals surface area contributed by atoms with Crippen molar-refractivity contribution in [1.82, 2.24) is 0 Å². The van der Waals surface area contributed by atoms with Crippen molar-refractivity contribution in [2.24, 2.45) is 0 Å². The summed E-state index contributed by atoms with van der Waals surface area (Å²) in [4.78, 5) is 23.5. The number of carbonyl (C=O) groups is 2. The number of amides is 1. The van der Waals surface area contributed by atoms with Gasteiger partial charge >= 0.3 is 5.97 Å². The Morgan fingerprint density at radius 1 is 1.07 bits per heavy atom. The molecule has 2 N–H and O–H groups in total. The van der Waals surface area contributed by atoms with Gasteiger partial charge in [0.1, 0.15) is 5.82 Å². The lowest BCUT2D eigenvalue weighted by molar-refractivity contribution is 0.0696. The number of anilines is 1. The number of methoxy groups -OCH3 is 1. The lowest BCUT2D eigenvalue weighted by Crippen LogP contribution is -2.15. The first kappa shape index (κ1) is 18.7. The van der Waals surface area contributed by atoms with Gasteiger partial charge in [-0.25, -0.2) is 9.18 Å². The molecule has 1 aliphatic rings. The number of carboxylic acid groups (broad SMARTS) is 1. The Hall–Kier alpha value is -3.09. The quantitative estimate of drug-likeness (QED) is 0.796. The molecule has 1 aliphatic carbocycles. The molecule has 0 aliphatic heterocycles. The van der Waals surface area contributed by atoms with Gasteiger partial charge in [-0.05, 0) is 62.1 Å². The van der Waals surface area contributed by atoms with Gasteiger partial charge in [0.15, 0.2) is 11.5 Å². The highest BCUT2D eigenvalue weighted by molar-refractivity contribution is 6.05. The van der Waals surface area contributed by atoms with Gasteiger partial charge in [-0.2, -0.15) is 0 Å². The second-order valence-corrected chi connectivity index (χ2v) is 6.34. The predicted molar refractivity (Wildman–Crippen MR) is 97.2 cm³/mol. The summed E-state index contributed by atoms with van der Waals surface area (Å²) in [6.45, 7) is 0. The monoisotopic (exact) mass is 373 g/mol. The predicted octanol–water partition coefficient (Wildman–Crippen LogP) is 4.11. The standard InChI is InChI=1S/C20H20FNO5/c1-26-17-9-7-12(11-18(17)27-14-4-2-3-5-14)19(23)22-16-10-13(20(24)25)6-8-15(16)21/h6-11,14H,2-5H2,1H3,(H,22,23)(H,24,25). The molecule has 0 radical (unpaired) electrons. The minimum Gasteiger partial charge on any atom is -0.493 e. The van der Waals surface area contributed by atoms with Crippen LogP contribution in [0.4, 0.5) is 10.1 Å². The maximum Gasteiger partial charge on any atom is 0.335 e. The molecule has 0 unspecified atom stereocenters. The van der Waals surface area contributed by atoms with E-state index in [0.717, 1.165) is 43.9 Å². The van der Waals surface area contributed by atoms with Crippen LogP contribution in [0.15, 0.2) is 36.4 Å². The van der Waals surface area contributed by atoms with Crippen LogP contribution in [0.2, 0.25) is 0 Å². The van der Waals surface area contributed by atoms with Gasteiger partial charge < -0.3 is 19.9 Å². The van der Waals surface area contributed by atoms with Crippen molar-refractivity contribution in [3.63, 3.8) is 0 Å². The third-order valence-electron chi connectivity index (χ3n) is 4.48. The van der Waals surface area contributed by atoms with Crippen LogP contribution in [0, 0.1) is 5.82 Å². The van der Waals surface area contributed by atoms with Crippen LogP contribution >= 0.6 is 0 Å². The molecular weight excluding hydrogens is 353 g/mol. The van der Waals surface area contributed by atoms with E-state index in [9.17, 15) is 14.0 Å². The smallest absolute Gasteiger partial charge is 0.335 e. The molecule has 1 saturated carbocycles. The summed E-state index contributed by atoms with van der Waals surface area (Å²) in [6, 6.07) is 7.91. The zero-order valence-corrected chi connectivity index (χ0v) is 14.8. The molecule has 2 aromatic carbocycles. The van der Waals surface area contributed by atoms with E-state index < -0.39 is 17.7 Å². The minimum atomic E-state index is -1.21. The Morgan fingerprint density at radius 2 is 1.78 bits per heavy atom. The summed E-state index contributed by atoms with van der Waals surface area (Å²) in [5, 5.41) is 11.4. The van der Waals surface area contributed by atoms with Crippen molar-refractivity contribution in [3.8, 4) is 11.5 Å². The zero-order valence-electron chi connectivity index (χ0n) is 14.8. The Balaban J connectivity index is 1.82. The topological polar surface area (TPSA) is 84.9 Å². The second kappa shape index (κ2) is 8.07. The van der Waals surface area contributed by atoms with E-state index in [2.05, 4.69) is 5.32 Å². The fourth-order valence-electron chi connectivity index (χ4n) is 3.04. The van der Waals surface area contributed by atoms with Crippen molar-refractivity contribution in [2.45, 2.75) is 31.8 Å². The molecule has 142 valence electrons. The molecule has 7 heteroatoms. The summed E-state index contributed by atoms with van der Waals surface area (Å²) < 4.78 is 25.2. The molecule has 0 saturated heterocycles.